The zero-order valence-corrected chi connectivity index (χ0v) is 9.01. The molecule has 1 aliphatic carbocycles. The minimum Gasteiger partial charge on any atom is -0.294 e. The summed E-state index contributed by atoms with van der Waals surface area (Å²) < 4.78 is 1.24. The molecule has 2 heteroatoms. The molecule has 1 nitrogen and oxygen atoms in total. The van der Waals surface area contributed by atoms with Crippen molar-refractivity contribution in [3.05, 3.63) is 32.4 Å². The van der Waals surface area contributed by atoms with E-state index in [0.29, 0.717) is 12.2 Å². The number of carbonyl (C=O) groups is 1. The van der Waals surface area contributed by atoms with Gasteiger partial charge in [-0.3, -0.25) is 4.79 Å². The predicted molar refractivity (Wildman–Crippen MR) is 56.5 cm³/mol. The highest BCUT2D eigenvalue weighted by Gasteiger charge is 2.21. The molecule has 0 unspecified atom stereocenters. The maximum atomic E-state index is 11.4. The summed E-state index contributed by atoms with van der Waals surface area (Å²) in [5.41, 5.74) is 3.40. The Balaban J connectivity index is 2.68. The van der Waals surface area contributed by atoms with Crippen molar-refractivity contribution in [1.29, 1.82) is 0 Å². The molecule has 0 bridgehead atoms. The molecule has 1 aliphatic rings. The summed E-state index contributed by atoms with van der Waals surface area (Å²) >= 11 is 2.31. The van der Waals surface area contributed by atoms with Crippen LogP contribution in [0.4, 0.5) is 0 Å². The van der Waals surface area contributed by atoms with Gasteiger partial charge in [-0.25, -0.2) is 0 Å². The number of Topliss-reactive ketones (excluding diaryl/α,β-unsaturated/α-hetero) is 1. The molecule has 0 aliphatic heterocycles. The summed E-state index contributed by atoms with van der Waals surface area (Å²) in [7, 11) is 0. The van der Waals surface area contributed by atoms with Gasteiger partial charge in [-0.1, -0.05) is 0 Å². The molecule has 0 N–H and O–H groups in total. The first kappa shape index (κ1) is 8.23. The third-order valence-corrected chi connectivity index (χ3v) is 3.20. The first-order valence-corrected chi connectivity index (χ1v) is 5.08. The lowest BCUT2D eigenvalue weighted by molar-refractivity contribution is 0.0994. The minimum atomic E-state index is 0.312. The molecule has 0 atom stereocenters. The summed E-state index contributed by atoms with van der Waals surface area (Å²) in [6.45, 7) is 2.04. The van der Waals surface area contributed by atoms with Gasteiger partial charge in [0.2, 0.25) is 0 Å². The van der Waals surface area contributed by atoms with E-state index < -0.39 is 0 Å². The van der Waals surface area contributed by atoms with Gasteiger partial charge in [0.1, 0.15) is 0 Å². The van der Waals surface area contributed by atoms with Crippen LogP contribution in [-0.2, 0) is 6.42 Å². The van der Waals surface area contributed by atoms with Crippen molar-refractivity contribution in [1.82, 2.24) is 0 Å². The van der Waals surface area contributed by atoms with Crippen molar-refractivity contribution in [2.45, 2.75) is 19.8 Å². The topological polar surface area (TPSA) is 17.1 Å². The lowest BCUT2D eigenvalue weighted by atomic mass is 10.1. The normalized spacial score (nSPS) is 15.0. The van der Waals surface area contributed by atoms with Crippen LogP contribution in [0.3, 0.4) is 0 Å². The van der Waals surface area contributed by atoms with Gasteiger partial charge in [-0.15, -0.1) is 0 Å². The van der Waals surface area contributed by atoms with Crippen LogP contribution in [0.15, 0.2) is 12.1 Å². The highest BCUT2D eigenvalue weighted by Crippen LogP contribution is 2.27. The molecule has 12 heavy (non-hydrogen) atoms. The molecule has 0 saturated heterocycles. The zero-order valence-electron chi connectivity index (χ0n) is 6.86. The quantitative estimate of drug-likeness (QED) is 0.664. The van der Waals surface area contributed by atoms with E-state index in [1.165, 1.54) is 14.7 Å². The van der Waals surface area contributed by atoms with Crippen molar-refractivity contribution in [2.75, 3.05) is 0 Å². The minimum absolute atomic E-state index is 0.312. The van der Waals surface area contributed by atoms with Gasteiger partial charge >= 0.3 is 0 Å². The fourth-order valence-corrected chi connectivity index (χ4v) is 2.70. The lowest BCUT2D eigenvalue weighted by Gasteiger charge is -2.02. The Morgan fingerprint density at radius 3 is 2.83 bits per heavy atom. The predicted octanol–water partition coefficient (Wildman–Crippen LogP) is 2.73. The average molecular weight is 272 g/mol. The smallest absolute Gasteiger partial charge is 0.163 e. The Morgan fingerprint density at radius 2 is 2.08 bits per heavy atom. The molecule has 1 aromatic rings. The standard InChI is InChI=1S/C10H9IO/c1-6-4-8-7(9(11)5-6)2-3-10(8)12/h4-5H,2-3H2,1H3. The van der Waals surface area contributed by atoms with E-state index in [-0.39, 0.29) is 0 Å². The molecule has 0 fully saturated rings. The van der Waals surface area contributed by atoms with Gasteiger partial charge in [0.15, 0.2) is 5.78 Å². The number of ketones is 1. The Labute approximate surface area is 85.3 Å². The molecule has 0 aromatic heterocycles. The van der Waals surface area contributed by atoms with Gasteiger partial charge < -0.3 is 0 Å². The number of halogens is 1. The molecular weight excluding hydrogens is 263 g/mol. The number of benzene rings is 1. The Morgan fingerprint density at radius 1 is 1.33 bits per heavy atom. The maximum absolute atomic E-state index is 11.4. The average Bonchev–Trinajstić information content (AvgIpc) is 2.33. The SMILES string of the molecule is Cc1cc(I)c2c(c1)C(=O)CC2. The maximum Gasteiger partial charge on any atom is 0.163 e. The first-order chi connectivity index (χ1) is 5.68. The largest absolute Gasteiger partial charge is 0.294 e. The van der Waals surface area contributed by atoms with Crippen molar-refractivity contribution in [2.24, 2.45) is 0 Å². The highest BCUT2D eigenvalue weighted by molar-refractivity contribution is 14.1. The zero-order chi connectivity index (χ0) is 8.72. The van der Waals surface area contributed by atoms with Crippen LogP contribution in [0, 0.1) is 10.5 Å². The molecule has 0 heterocycles. The summed E-state index contributed by atoms with van der Waals surface area (Å²) in [5, 5.41) is 0. The van der Waals surface area contributed by atoms with Crippen molar-refractivity contribution < 1.29 is 4.79 Å². The summed E-state index contributed by atoms with van der Waals surface area (Å²) in [6.07, 6.45) is 1.64. The number of hydrogen-bond donors (Lipinski definition) is 0. The highest BCUT2D eigenvalue weighted by atomic mass is 127. The molecule has 0 amide bonds. The fourth-order valence-electron chi connectivity index (χ4n) is 1.65. The van der Waals surface area contributed by atoms with Crippen LogP contribution in [0.25, 0.3) is 0 Å². The number of aryl methyl sites for hydroxylation is 1. The Kier molecular flexibility index (Phi) is 1.94. The molecule has 1 aromatic carbocycles. The third kappa shape index (κ3) is 1.18. The van der Waals surface area contributed by atoms with Gasteiger partial charge in [0, 0.05) is 15.6 Å². The van der Waals surface area contributed by atoms with Crippen LogP contribution in [-0.4, -0.2) is 5.78 Å². The van der Waals surface area contributed by atoms with Crippen LogP contribution >= 0.6 is 22.6 Å². The van der Waals surface area contributed by atoms with Crippen molar-refractivity contribution in [3.63, 3.8) is 0 Å². The van der Waals surface area contributed by atoms with Crippen LogP contribution in [0.1, 0.15) is 27.9 Å². The number of hydrogen-bond acceptors (Lipinski definition) is 1. The van der Waals surface area contributed by atoms with Crippen LogP contribution < -0.4 is 0 Å². The van der Waals surface area contributed by atoms with Gasteiger partial charge in [-0.2, -0.15) is 0 Å². The van der Waals surface area contributed by atoms with Crippen molar-refractivity contribution >= 4 is 28.4 Å². The third-order valence-electron chi connectivity index (χ3n) is 2.24. The Hall–Kier alpha value is -0.380. The van der Waals surface area contributed by atoms with E-state index in [2.05, 4.69) is 28.7 Å². The molecule has 0 spiro atoms. The molecular formula is C10H9IO. The number of fused-ring (bicyclic) bond motifs is 1. The summed E-state index contributed by atoms with van der Waals surface area (Å²) in [4.78, 5) is 11.4. The van der Waals surface area contributed by atoms with Gasteiger partial charge in [0.05, 0.1) is 0 Å². The molecule has 2 rings (SSSR count). The molecule has 62 valence electrons. The second-order valence-corrected chi connectivity index (χ2v) is 4.36. The monoisotopic (exact) mass is 272 g/mol. The molecule has 0 radical (unpaired) electrons. The summed E-state index contributed by atoms with van der Waals surface area (Å²) in [6, 6.07) is 4.14. The second-order valence-electron chi connectivity index (χ2n) is 3.20. The van der Waals surface area contributed by atoms with Crippen LogP contribution in [0.2, 0.25) is 0 Å². The number of rotatable bonds is 0. The van der Waals surface area contributed by atoms with E-state index in [1.54, 1.807) is 0 Å². The van der Waals surface area contributed by atoms with E-state index in [1.807, 2.05) is 13.0 Å². The van der Waals surface area contributed by atoms with E-state index in [0.717, 1.165) is 12.0 Å². The fraction of sp³-hybridized carbons (Fsp3) is 0.300. The summed E-state index contributed by atoms with van der Waals surface area (Å²) in [5.74, 6) is 0.312. The van der Waals surface area contributed by atoms with Gasteiger partial charge in [0.25, 0.3) is 0 Å². The second kappa shape index (κ2) is 2.83. The first-order valence-electron chi connectivity index (χ1n) is 4.00. The van der Waals surface area contributed by atoms with Gasteiger partial charge in [-0.05, 0) is 59.2 Å². The molecule has 0 saturated carbocycles. The Bertz CT molecular complexity index is 355. The van der Waals surface area contributed by atoms with Crippen molar-refractivity contribution in [3.8, 4) is 0 Å². The number of carbonyl (C=O) groups excluding carboxylic acids is 1. The van der Waals surface area contributed by atoms with Crippen LogP contribution in [0.5, 0.6) is 0 Å². The van der Waals surface area contributed by atoms with E-state index >= 15 is 0 Å². The lowest BCUT2D eigenvalue weighted by Crippen LogP contribution is -1.93. The van der Waals surface area contributed by atoms with E-state index in [9.17, 15) is 4.79 Å². The van der Waals surface area contributed by atoms with E-state index in [4.69, 9.17) is 0 Å².